The van der Waals surface area contributed by atoms with Crippen LogP contribution in [0.2, 0.25) is 0 Å². The summed E-state index contributed by atoms with van der Waals surface area (Å²) in [4.78, 5) is 16.4. The Morgan fingerprint density at radius 2 is 2.24 bits per heavy atom. The van der Waals surface area contributed by atoms with Crippen LogP contribution < -0.4 is 5.32 Å². The lowest BCUT2D eigenvalue weighted by atomic mass is 10.2. The van der Waals surface area contributed by atoms with E-state index in [0.29, 0.717) is 11.7 Å². The number of nitrogens with one attached hydrogen (secondary N) is 2. The summed E-state index contributed by atoms with van der Waals surface area (Å²) < 4.78 is 1.13. The highest BCUT2D eigenvalue weighted by Gasteiger charge is 2.29. The summed E-state index contributed by atoms with van der Waals surface area (Å²) in [6.07, 6.45) is 5.96. The van der Waals surface area contributed by atoms with E-state index in [9.17, 15) is 0 Å². The van der Waals surface area contributed by atoms with E-state index in [1.165, 1.54) is 12.8 Å². The summed E-state index contributed by atoms with van der Waals surface area (Å²) in [5.74, 6) is 2.88. The first-order valence-electron chi connectivity index (χ1n) is 5.54. The van der Waals surface area contributed by atoms with Crippen LogP contribution in [-0.4, -0.2) is 27.0 Å². The molecule has 1 aliphatic carbocycles. The van der Waals surface area contributed by atoms with E-state index in [0.717, 1.165) is 20.9 Å². The fraction of sp³-hybridized carbons (Fsp3) is 0.364. The van der Waals surface area contributed by atoms with Crippen molar-refractivity contribution in [2.45, 2.75) is 18.8 Å². The Labute approximate surface area is 113 Å². The van der Waals surface area contributed by atoms with Gasteiger partial charge >= 0.3 is 0 Å². The molecule has 0 saturated heterocycles. The molecule has 2 heterocycles. The average Bonchev–Trinajstić information content (AvgIpc) is 3.04. The van der Waals surface area contributed by atoms with Gasteiger partial charge in [0.15, 0.2) is 11.6 Å². The smallest absolute Gasteiger partial charge is 0.197 e. The van der Waals surface area contributed by atoms with E-state index in [1.807, 2.05) is 7.05 Å². The number of nitrogens with zero attached hydrogens (tertiary/aromatic N) is 3. The zero-order chi connectivity index (χ0) is 11.8. The van der Waals surface area contributed by atoms with Crippen LogP contribution in [0.5, 0.6) is 0 Å². The van der Waals surface area contributed by atoms with Crippen LogP contribution >= 0.6 is 22.6 Å². The molecule has 17 heavy (non-hydrogen) atoms. The van der Waals surface area contributed by atoms with Gasteiger partial charge in [0.25, 0.3) is 0 Å². The number of H-pyrrole nitrogens is 1. The maximum Gasteiger partial charge on any atom is 0.197 e. The summed E-state index contributed by atoms with van der Waals surface area (Å²) >= 11 is 2.31. The fourth-order valence-electron chi connectivity index (χ4n) is 1.75. The molecule has 0 aliphatic heterocycles. The molecule has 2 aromatic rings. The van der Waals surface area contributed by atoms with Gasteiger partial charge in [-0.15, -0.1) is 0 Å². The second kappa shape index (κ2) is 4.25. The number of imidazole rings is 1. The minimum Gasteiger partial charge on any atom is -0.372 e. The predicted molar refractivity (Wildman–Crippen MR) is 73.9 cm³/mol. The van der Waals surface area contributed by atoms with Crippen molar-refractivity contribution in [3.05, 3.63) is 21.7 Å². The van der Waals surface area contributed by atoms with E-state index in [1.54, 1.807) is 12.4 Å². The van der Waals surface area contributed by atoms with Crippen molar-refractivity contribution in [3.63, 3.8) is 0 Å². The molecular formula is C11H12IN5. The zero-order valence-electron chi connectivity index (χ0n) is 9.37. The molecule has 0 radical (unpaired) electrons. The lowest BCUT2D eigenvalue weighted by Crippen LogP contribution is -2.05. The summed E-state index contributed by atoms with van der Waals surface area (Å²) in [6, 6.07) is 0. The number of hydrogen-bond donors (Lipinski definition) is 2. The van der Waals surface area contributed by atoms with Crippen LogP contribution in [0.3, 0.4) is 0 Å². The van der Waals surface area contributed by atoms with Crippen LogP contribution in [0.15, 0.2) is 12.4 Å². The summed E-state index contributed by atoms with van der Waals surface area (Å²) in [5.41, 5.74) is 1.15. The van der Waals surface area contributed by atoms with Gasteiger partial charge in [-0.25, -0.2) is 15.0 Å². The van der Waals surface area contributed by atoms with Crippen LogP contribution in [0.25, 0.3) is 11.6 Å². The van der Waals surface area contributed by atoms with E-state index in [4.69, 9.17) is 0 Å². The van der Waals surface area contributed by atoms with Crippen LogP contribution in [0, 0.1) is 3.57 Å². The summed E-state index contributed by atoms with van der Waals surface area (Å²) in [7, 11) is 1.88. The number of hydrogen-bond acceptors (Lipinski definition) is 4. The average molecular weight is 341 g/mol. The van der Waals surface area contributed by atoms with Gasteiger partial charge in [-0.2, -0.15) is 0 Å². The molecule has 0 spiro atoms. The number of anilines is 1. The Morgan fingerprint density at radius 3 is 2.82 bits per heavy atom. The Bertz CT molecular complexity index is 533. The maximum atomic E-state index is 4.63. The molecule has 88 valence electrons. The first-order chi connectivity index (χ1) is 8.29. The molecule has 1 fully saturated rings. The summed E-state index contributed by atoms with van der Waals surface area (Å²) in [5, 5.41) is 3.12. The van der Waals surface area contributed by atoms with Gasteiger partial charge in [-0.3, -0.25) is 0 Å². The maximum absolute atomic E-state index is 4.63. The van der Waals surface area contributed by atoms with E-state index in [-0.39, 0.29) is 0 Å². The van der Waals surface area contributed by atoms with E-state index < -0.39 is 0 Å². The van der Waals surface area contributed by atoms with Gasteiger partial charge in [0.05, 0.1) is 9.26 Å². The second-order valence-corrected chi connectivity index (χ2v) is 5.14. The molecule has 0 aromatic carbocycles. The van der Waals surface area contributed by atoms with Crippen molar-refractivity contribution < 1.29 is 0 Å². The SMILES string of the molecule is CNc1nc(-c2ncc[nH]2)nc(C2CC2)c1I. The Morgan fingerprint density at radius 1 is 1.41 bits per heavy atom. The van der Waals surface area contributed by atoms with Crippen molar-refractivity contribution in [1.29, 1.82) is 0 Å². The quantitative estimate of drug-likeness (QED) is 0.842. The zero-order valence-corrected chi connectivity index (χ0v) is 11.5. The Kier molecular flexibility index (Phi) is 2.73. The van der Waals surface area contributed by atoms with Gasteiger partial charge in [0.1, 0.15) is 5.82 Å². The topological polar surface area (TPSA) is 66.5 Å². The number of aromatic amines is 1. The minimum atomic E-state index is 0.603. The van der Waals surface area contributed by atoms with Crippen LogP contribution in [0.1, 0.15) is 24.5 Å². The molecule has 0 bridgehead atoms. The molecule has 3 rings (SSSR count). The van der Waals surface area contributed by atoms with Gasteiger partial charge < -0.3 is 10.3 Å². The highest BCUT2D eigenvalue weighted by Crippen LogP contribution is 2.42. The third kappa shape index (κ3) is 2.01. The van der Waals surface area contributed by atoms with Crippen molar-refractivity contribution in [1.82, 2.24) is 19.9 Å². The molecule has 0 amide bonds. The lowest BCUT2D eigenvalue weighted by molar-refractivity contribution is 0.968. The third-order valence-electron chi connectivity index (χ3n) is 2.79. The molecule has 2 aromatic heterocycles. The predicted octanol–water partition coefficient (Wildman–Crippen LogP) is 2.39. The first-order valence-corrected chi connectivity index (χ1v) is 6.62. The van der Waals surface area contributed by atoms with Crippen LogP contribution in [-0.2, 0) is 0 Å². The summed E-state index contributed by atoms with van der Waals surface area (Å²) in [6.45, 7) is 0. The van der Waals surface area contributed by atoms with Gasteiger partial charge in [-0.05, 0) is 35.4 Å². The Hall–Kier alpha value is -1.18. The van der Waals surface area contributed by atoms with Gasteiger partial charge in [0, 0.05) is 25.4 Å². The molecule has 1 aliphatic rings. The van der Waals surface area contributed by atoms with Crippen molar-refractivity contribution in [2.75, 3.05) is 12.4 Å². The monoisotopic (exact) mass is 341 g/mol. The largest absolute Gasteiger partial charge is 0.372 e. The number of halogens is 1. The third-order valence-corrected chi connectivity index (χ3v) is 3.85. The molecule has 0 unspecified atom stereocenters. The molecule has 1 saturated carbocycles. The lowest BCUT2D eigenvalue weighted by Gasteiger charge is -2.09. The van der Waals surface area contributed by atoms with Gasteiger partial charge in [0.2, 0.25) is 0 Å². The highest BCUT2D eigenvalue weighted by molar-refractivity contribution is 14.1. The molecule has 5 nitrogen and oxygen atoms in total. The standard InChI is InChI=1S/C11H12IN5/c1-13-9-7(12)8(6-2-3-6)16-11(17-9)10-14-4-5-15-10/h4-6H,2-3H2,1H3,(H,14,15)(H,13,16,17). The van der Waals surface area contributed by atoms with Crippen molar-refractivity contribution in [2.24, 2.45) is 0 Å². The van der Waals surface area contributed by atoms with Crippen molar-refractivity contribution in [3.8, 4) is 11.6 Å². The minimum absolute atomic E-state index is 0.603. The van der Waals surface area contributed by atoms with Crippen molar-refractivity contribution >= 4 is 28.4 Å². The highest BCUT2D eigenvalue weighted by atomic mass is 127. The molecule has 6 heteroatoms. The van der Waals surface area contributed by atoms with Crippen LogP contribution in [0.4, 0.5) is 5.82 Å². The fourth-order valence-corrected chi connectivity index (χ4v) is 2.70. The van der Waals surface area contributed by atoms with E-state index in [2.05, 4.69) is 47.8 Å². The number of aromatic nitrogens is 4. The molecular weight excluding hydrogens is 329 g/mol. The normalized spacial score (nSPS) is 14.9. The molecule has 2 N–H and O–H groups in total. The molecule has 0 atom stereocenters. The second-order valence-electron chi connectivity index (χ2n) is 4.06. The van der Waals surface area contributed by atoms with E-state index >= 15 is 0 Å². The van der Waals surface area contributed by atoms with Gasteiger partial charge in [-0.1, -0.05) is 0 Å². The Balaban J connectivity index is 2.13. The number of rotatable bonds is 3. The first kappa shape index (κ1) is 10.9.